The number of aryl methyl sites for hydroxylation is 1. The quantitative estimate of drug-likeness (QED) is 0.756. The fourth-order valence-electron chi connectivity index (χ4n) is 1.32. The summed E-state index contributed by atoms with van der Waals surface area (Å²) in [5, 5.41) is 12.8. The van der Waals surface area contributed by atoms with Crippen molar-refractivity contribution in [2.45, 2.75) is 19.4 Å². The van der Waals surface area contributed by atoms with Gasteiger partial charge in [-0.05, 0) is 31.5 Å². The van der Waals surface area contributed by atoms with Crippen LogP contribution in [0.4, 0.5) is 5.69 Å². The molecule has 4 heteroatoms. The van der Waals surface area contributed by atoms with E-state index in [2.05, 4.69) is 10.1 Å². The summed E-state index contributed by atoms with van der Waals surface area (Å²) in [5.74, 6) is -0.646. The van der Waals surface area contributed by atoms with E-state index >= 15 is 0 Å². The molecular formula is C12H17NO3. The van der Waals surface area contributed by atoms with Crippen LogP contribution in [0.2, 0.25) is 0 Å². The highest BCUT2D eigenvalue weighted by atomic mass is 16.5. The fraction of sp³-hybridized carbons (Fsp3) is 0.417. The molecule has 4 nitrogen and oxygen atoms in total. The van der Waals surface area contributed by atoms with Crippen molar-refractivity contribution in [2.75, 3.05) is 19.0 Å². The third-order valence-electron chi connectivity index (χ3n) is 2.28. The minimum absolute atomic E-state index is 0.114. The molecule has 88 valence electrons. The molecule has 0 fully saturated rings. The van der Waals surface area contributed by atoms with Gasteiger partial charge in [-0.25, -0.2) is 4.79 Å². The van der Waals surface area contributed by atoms with Gasteiger partial charge >= 0.3 is 5.97 Å². The number of ether oxygens (including phenoxy) is 1. The number of rotatable bonds is 4. The number of esters is 1. The normalized spacial score (nSPS) is 14.0. The molecule has 1 rings (SSSR count). The molecule has 1 aromatic rings. The van der Waals surface area contributed by atoms with Gasteiger partial charge in [-0.1, -0.05) is 12.1 Å². The van der Waals surface area contributed by atoms with Crippen LogP contribution in [-0.2, 0) is 9.53 Å². The Morgan fingerprint density at radius 2 is 2.25 bits per heavy atom. The number of benzene rings is 1. The van der Waals surface area contributed by atoms with E-state index in [1.807, 2.05) is 31.2 Å². The predicted octanol–water partition coefficient (Wildman–Crippen LogP) is 1.33. The van der Waals surface area contributed by atoms with Gasteiger partial charge in [-0.15, -0.1) is 0 Å². The number of nitrogens with one attached hydrogen (secondary N) is 1. The van der Waals surface area contributed by atoms with E-state index in [0.29, 0.717) is 0 Å². The molecule has 0 bridgehead atoms. The predicted molar refractivity (Wildman–Crippen MR) is 62.3 cm³/mol. The molecule has 16 heavy (non-hydrogen) atoms. The maximum atomic E-state index is 11.2. The van der Waals surface area contributed by atoms with Crippen molar-refractivity contribution in [1.82, 2.24) is 0 Å². The number of methoxy groups -OCH3 is 1. The van der Waals surface area contributed by atoms with Crippen molar-refractivity contribution in [3.63, 3.8) is 0 Å². The zero-order valence-corrected chi connectivity index (χ0v) is 9.78. The fourth-order valence-corrected chi connectivity index (χ4v) is 1.32. The summed E-state index contributed by atoms with van der Waals surface area (Å²) >= 11 is 0. The van der Waals surface area contributed by atoms with E-state index < -0.39 is 11.6 Å². The monoisotopic (exact) mass is 223 g/mol. The highest BCUT2D eigenvalue weighted by molar-refractivity contribution is 5.79. The van der Waals surface area contributed by atoms with E-state index in [9.17, 15) is 9.90 Å². The van der Waals surface area contributed by atoms with Gasteiger partial charge in [0, 0.05) is 5.69 Å². The van der Waals surface area contributed by atoms with E-state index in [0.717, 1.165) is 11.3 Å². The topological polar surface area (TPSA) is 58.6 Å². The Balaban J connectivity index is 2.61. The summed E-state index contributed by atoms with van der Waals surface area (Å²) in [7, 11) is 1.25. The van der Waals surface area contributed by atoms with E-state index in [1.165, 1.54) is 14.0 Å². The van der Waals surface area contributed by atoms with Crippen molar-refractivity contribution >= 4 is 11.7 Å². The van der Waals surface area contributed by atoms with E-state index in [4.69, 9.17) is 0 Å². The molecule has 1 atom stereocenters. The highest BCUT2D eigenvalue weighted by Gasteiger charge is 2.30. The lowest BCUT2D eigenvalue weighted by molar-refractivity contribution is -0.158. The third-order valence-corrected chi connectivity index (χ3v) is 2.28. The minimum atomic E-state index is -1.52. The molecule has 0 heterocycles. The molecule has 0 aliphatic heterocycles. The van der Waals surface area contributed by atoms with Gasteiger partial charge in [0.1, 0.15) is 0 Å². The Hall–Kier alpha value is -1.55. The summed E-state index contributed by atoms with van der Waals surface area (Å²) in [5.41, 5.74) is 0.463. The van der Waals surface area contributed by atoms with Gasteiger partial charge in [0.05, 0.1) is 13.7 Å². The molecule has 2 N–H and O–H groups in total. The number of hydrogen-bond donors (Lipinski definition) is 2. The second kappa shape index (κ2) is 4.99. The number of carbonyl (C=O) groups is 1. The smallest absolute Gasteiger partial charge is 0.339 e. The molecule has 0 aliphatic carbocycles. The van der Waals surface area contributed by atoms with Crippen LogP contribution in [0.15, 0.2) is 24.3 Å². The van der Waals surface area contributed by atoms with Crippen LogP contribution in [0.1, 0.15) is 12.5 Å². The third kappa shape index (κ3) is 3.24. The highest BCUT2D eigenvalue weighted by Crippen LogP contribution is 2.12. The van der Waals surface area contributed by atoms with Gasteiger partial charge in [0.25, 0.3) is 0 Å². The first-order chi connectivity index (χ1) is 7.45. The number of anilines is 1. The second-order valence-corrected chi connectivity index (χ2v) is 3.99. The van der Waals surface area contributed by atoms with Crippen LogP contribution in [0, 0.1) is 6.92 Å². The average Bonchev–Trinajstić information content (AvgIpc) is 2.25. The first kappa shape index (κ1) is 12.5. The summed E-state index contributed by atoms with van der Waals surface area (Å²) in [6.45, 7) is 3.51. The second-order valence-electron chi connectivity index (χ2n) is 3.99. The Morgan fingerprint density at radius 1 is 1.56 bits per heavy atom. The van der Waals surface area contributed by atoms with Crippen molar-refractivity contribution in [2.24, 2.45) is 0 Å². The molecule has 0 saturated heterocycles. The van der Waals surface area contributed by atoms with Crippen LogP contribution in [0.5, 0.6) is 0 Å². The molecule has 0 amide bonds. The number of aliphatic hydroxyl groups is 1. The van der Waals surface area contributed by atoms with Crippen LogP contribution in [0.3, 0.4) is 0 Å². The zero-order valence-electron chi connectivity index (χ0n) is 9.78. The largest absolute Gasteiger partial charge is 0.467 e. The Morgan fingerprint density at radius 3 is 2.81 bits per heavy atom. The molecule has 0 aliphatic rings. The molecule has 0 aromatic heterocycles. The van der Waals surface area contributed by atoms with E-state index in [-0.39, 0.29) is 6.54 Å². The van der Waals surface area contributed by atoms with Crippen molar-refractivity contribution in [3.05, 3.63) is 29.8 Å². The van der Waals surface area contributed by atoms with Gasteiger partial charge in [-0.3, -0.25) is 0 Å². The average molecular weight is 223 g/mol. The minimum Gasteiger partial charge on any atom is -0.467 e. The van der Waals surface area contributed by atoms with E-state index in [1.54, 1.807) is 0 Å². The lowest BCUT2D eigenvalue weighted by Crippen LogP contribution is -2.42. The SMILES string of the molecule is COC(=O)C(C)(O)CNc1cccc(C)c1. The Labute approximate surface area is 95.2 Å². The standard InChI is InChI=1S/C12H17NO3/c1-9-5-4-6-10(7-9)13-8-12(2,15)11(14)16-3/h4-7,13,15H,8H2,1-3H3. The van der Waals surface area contributed by atoms with Crippen molar-refractivity contribution < 1.29 is 14.6 Å². The summed E-state index contributed by atoms with van der Waals surface area (Å²) in [6, 6.07) is 7.70. The Kier molecular flexibility index (Phi) is 3.90. The molecule has 0 spiro atoms. The molecule has 1 unspecified atom stereocenters. The van der Waals surface area contributed by atoms with Crippen molar-refractivity contribution in [3.8, 4) is 0 Å². The van der Waals surface area contributed by atoms with Gasteiger partial charge in [0.2, 0.25) is 0 Å². The number of hydrogen-bond acceptors (Lipinski definition) is 4. The maximum absolute atomic E-state index is 11.2. The molecule has 1 aromatic carbocycles. The lowest BCUT2D eigenvalue weighted by atomic mass is 10.1. The van der Waals surface area contributed by atoms with Crippen LogP contribution in [-0.4, -0.2) is 30.3 Å². The first-order valence-electron chi connectivity index (χ1n) is 5.07. The van der Waals surface area contributed by atoms with Crippen LogP contribution >= 0.6 is 0 Å². The molecule has 0 radical (unpaired) electrons. The van der Waals surface area contributed by atoms with Crippen molar-refractivity contribution in [1.29, 1.82) is 0 Å². The van der Waals surface area contributed by atoms with Gasteiger partial charge in [-0.2, -0.15) is 0 Å². The number of carbonyl (C=O) groups excluding carboxylic acids is 1. The summed E-state index contributed by atoms with van der Waals surface area (Å²) in [4.78, 5) is 11.2. The first-order valence-corrected chi connectivity index (χ1v) is 5.07. The molecule has 0 saturated carbocycles. The lowest BCUT2D eigenvalue weighted by Gasteiger charge is -2.21. The van der Waals surface area contributed by atoms with Gasteiger partial charge < -0.3 is 15.2 Å². The Bertz CT molecular complexity index is 374. The van der Waals surface area contributed by atoms with Crippen LogP contribution < -0.4 is 5.32 Å². The zero-order chi connectivity index (χ0) is 12.2. The van der Waals surface area contributed by atoms with Crippen LogP contribution in [0.25, 0.3) is 0 Å². The summed E-state index contributed by atoms with van der Waals surface area (Å²) in [6.07, 6.45) is 0. The molecular weight excluding hydrogens is 206 g/mol. The van der Waals surface area contributed by atoms with Gasteiger partial charge in [0.15, 0.2) is 5.60 Å². The maximum Gasteiger partial charge on any atom is 0.339 e. The summed E-state index contributed by atoms with van der Waals surface area (Å²) < 4.78 is 4.50.